The van der Waals surface area contributed by atoms with Crippen molar-refractivity contribution in [2.75, 3.05) is 37.8 Å². The van der Waals surface area contributed by atoms with Gasteiger partial charge in [0.2, 0.25) is 0 Å². The minimum absolute atomic E-state index is 0.548. The number of nitrogens with zero attached hydrogens (tertiary/aromatic N) is 4. The number of likely N-dealkylation sites (N-methyl/N-ethyl adjacent to an activating group) is 1. The number of anilines is 2. The summed E-state index contributed by atoms with van der Waals surface area (Å²) in [4.78, 5) is 4.57. The predicted molar refractivity (Wildman–Crippen MR) is 66.5 cm³/mol. The van der Waals surface area contributed by atoms with Crippen LogP contribution in [0.2, 0.25) is 0 Å². The van der Waals surface area contributed by atoms with Gasteiger partial charge in [-0.15, -0.1) is 0 Å². The summed E-state index contributed by atoms with van der Waals surface area (Å²) in [6.07, 6.45) is 4.34. The Morgan fingerprint density at radius 2 is 2.31 bits per heavy atom. The maximum atomic E-state index is 5.98. The second-order valence-corrected chi connectivity index (χ2v) is 4.83. The summed E-state index contributed by atoms with van der Waals surface area (Å²) in [7, 11) is 6.13. The lowest BCUT2D eigenvalue weighted by atomic mass is 10.2. The van der Waals surface area contributed by atoms with Crippen molar-refractivity contribution in [2.24, 2.45) is 7.05 Å². The van der Waals surface area contributed by atoms with E-state index < -0.39 is 0 Å². The van der Waals surface area contributed by atoms with Gasteiger partial charge < -0.3 is 15.5 Å². The molecule has 1 atom stereocenters. The Morgan fingerprint density at radius 3 is 2.88 bits per heavy atom. The number of nitrogen functional groups attached to an aromatic ring is 1. The van der Waals surface area contributed by atoms with Gasteiger partial charge in [0.1, 0.15) is 0 Å². The molecule has 2 N–H and O–H groups in total. The van der Waals surface area contributed by atoms with Gasteiger partial charge in [0.25, 0.3) is 0 Å². The highest BCUT2D eigenvalue weighted by molar-refractivity contribution is 5.62. The first-order valence-corrected chi connectivity index (χ1v) is 5.78. The molecule has 0 aromatic carbocycles. The summed E-state index contributed by atoms with van der Waals surface area (Å²) in [5.41, 5.74) is 6.76. The van der Waals surface area contributed by atoms with Crippen LogP contribution in [-0.4, -0.2) is 47.9 Å². The summed E-state index contributed by atoms with van der Waals surface area (Å²) in [6.45, 7) is 2.13. The predicted octanol–water partition coefficient (Wildman–Crippen LogP) is 0.533. The summed E-state index contributed by atoms with van der Waals surface area (Å²) < 4.78 is 1.79. The third-order valence-corrected chi connectivity index (χ3v) is 3.06. The molecule has 1 unspecified atom stereocenters. The molecule has 2 heterocycles. The number of rotatable bonds is 3. The Balaban J connectivity index is 2.16. The Bertz CT molecular complexity index is 357. The SMILES string of the molecule is CN(C)CC1CCCN1c1nn(C)cc1N. The van der Waals surface area contributed by atoms with Crippen molar-refractivity contribution in [3.8, 4) is 0 Å². The highest BCUT2D eigenvalue weighted by atomic mass is 15.4. The molecule has 5 nitrogen and oxygen atoms in total. The molecule has 1 fully saturated rings. The fourth-order valence-corrected chi connectivity index (χ4v) is 2.44. The number of hydrogen-bond acceptors (Lipinski definition) is 4. The molecule has 1 saturated heterocycles. The molecule has 0 spiro atoms. The highest BCUT2D eigenvalue weighted by Gasteiger charge is 2.28. The lowest BCUT2D eigenvalue weighted by Gasteiger charge is -2.27. The number of aromatic nitrogens is 2. The molecule has 1 aliphatic rings. The van der Waals surface area contributed by atoms with Crippen molar-refractivity contribution in [3.63, 3.8) is 0 Å². The minimum Gasteiger partial charge on any atom is -0.394 e. The summed E-state index contributed by atoms with van der Waals surface area (Å²) in [6, 6.07) is 0.548. The van der Waals surface area contributed by atoms with Gasteiger partial charge in [-0.05, 0) is 26.9 Å². The lowest BCUT2D eigenvalue weighted by Crippen LogP contribution is -2.38. The topological polar surface area (TPSA) is 50.3 Å². The first-order valence-electron chi connectivity index (χ1n) is 5.78. The molecule has 5 heteroatoms. The lowest BCUT2D eigenvalue weighted by molar-refractivity contribution is 0.371. The molecular weight excluding hydrogens is 202 g/mol. The summed E-state index contributed by atoms with van der Waals surface area (Å²) >= 11 is 0. The Kier molecular flexibility index (Phi) is 3.05. The van der Waals surface area contributed by atoms with Crippen LogP contribution in [0.15, 0.2) is 6.20 Å². The van der Waals surface area contributed by atoms with Gasteiger partial charge in [0, 0.05) is 32.4 Å². The van der Waals surface area contributed by atoms with E-state index in [1.807, 2.05) is 13.2 Å². The maximum Gasteiger partial charge on any atom is 0.174 e. The molecule has 1 aromatic heterocycles. The number of nitrogens with two attached hydrogens (primary N) is 1. The van der Waals surface area contributed by atoms with Crippen LogP contribution < -0.4 is 10.6 Å². The van der Waals surface area contributed by atoms with Crippen molar-refractivity contribution in [2.45, 2.75) is 18.9 Å². The van der Waals surface area contributed by atoms with Gasteiger partial charge in [-0.3, -0.25) is 4.68 Å². The molecule has 0 radical (unpaired) electrons. The molecular formula is C11H21N5. The van der Waals surface area contributed by atoms with Gasteiger partial charge >= 0.3 is 0 Å². The second kappa shape index (κ2) is 4.33. The van der Waals surface area contributed by atoms with Crippen LogP contribution in [0.3, 0.4) is 0 Å². The van der Waals surface area contributed by atoms with Gasteiger partial charge in [0.05, 0.1) is 5.69 Å². The zero-order valence-corrected chi connectivity index (χ0v) is 10.3. The zero-order valence-electron chi connectivity index (χ0n) is 10.3. The number of aryl methyl sites for hydroxylation is 1. The molecule has 16 heavy (non-hydrogen) atoms. The average Bonchev–Trinajstić information content (AvgIpc) is 2.72. The Morgan fingerprint density at radius 1 is 1.56 bits per heavy atom. The standard InChI is InChI=1S/C11H21N5/c1-14(2)7-9-5-4-6-16(9)11-10(12)8-15(3)13-11/h8-9H,4-7,12H2,1-3H3. The normalized spacial score (nSPS) is 21.0. The molecule has 2 rings (SSSR count). The van der Waals surface area contributed by atoms with E-state index in [9.17, 15) is 0 Å². The van der Waals surface area contributed by atoms with Crippen molar-refractivity contribution in [1.29, 1.82) is 0 Å². The highest BCUT2D eigenvalue weighted by Crippen LogP contribution is 2.28. The zero-order chi connectivity index (χ0) is 11.7. The van der Waals surface area contributed by atoms with Crippen LogP contribution in [0.4, 0.5) is 11.5 Å². The van der Waals surface area contributed by atoms with E-state index in [2.05, 4.69) is 29.0 Å². The van der Waals surface area contributed by atoms with Gasteiger partial charge in [0.15, 0.2) is 5.82 Å². The van der Waals surface area contributed by atoms with E-state index in [1.54, 1.807) is 4.68 Å². The molecule has 0 saturated carbocycles. The summed E-state index contributed by atoms with van der Waals surface area (Å²) in [5.74, 6) is 0.951. The molecule has 0 amide bonds. The van der Waals surface area contributed by atoms with Crippen LogP contribution in [0.5, 0.6) is 0 Å². The maximum absolute atomic E-state index is 5.98. The monoisotopic (exact) mass is 223 g/mol. The number of hydrogen-bond donors (Lipinski definition) is 1. The van der Waals surface area contributed by atoms with E-state index in [-0.39, 0.29) is 0 Å². The fraction of sp³-hybridized carbons (Fsp3) is 0.727. The van der Waals surface area contributed by atoms with Crippen molar-refractivity contribution in [3.05, 3.63) is 6.20 Å². The van der Waals surface area contributed by atoms with Crippen LogP contribution in [0.1, 0.15) is 12.8 Å². The van der Waals surface area contributed by atoms with Gasteiger partial charge in [-0.2, -0.15) is 5.10 Å². The molecule has 1 aromatic rings. The van der Waals surface area contributed by atoms with Crippen LogP contribution in [-0.2, 0) is 7.05 Å². The van der Waals surface area contributed by atoms with E-state index in [4.69, 9.17) is 5.73 Å². The quantitative estimate of drug-likeness (QED) is 0.812. The second-order valence-electron chi connectivity index (χ2n) is 4.83. The fourth-order valence-electron chi connectivity index (χ4n) is 2.44. The third-order valence-electron chi connectivity index (χ3n) is 3.06. The molecule has 1 aliphatic heterocycles. The summed E-state index contributed by atoms with van der Waals surface area (Å²) in [5, 5.41) is 4.45. The van der Waals surface area contributed by atoms with Gasteiger partial charge in [-0.1, -0.05) is 0 Å². The van der Waals surface area contributed by atoms with Gasteiger partial charge in [-0.25, -0.2) is 0 Å². The van der Waals surface area contributed by atoms with Crippen LogP contribution >= 0.6 is 0 Å². The molecule has 90 valence electrons. The molecule has 0 bridgehead atoms. The first-order chi connectivity index (χ1) is 7.58. The largest absolute Gasteiger partial charge is 0.394 e. The Hall–Kier alpha value is -1.23. The third kappa shape index (κ3) is 2.14. The van der Waals surface area contributed by atoms with E-state index in [0.29, 0.717) is 6.04 Å². The van der Waals surface area contributed by atoms with Crippen molar-refractivity contribution >= 4 is 11.5 Å². The smallest absolute Gasteiger partial charge is 0.174 e. The van der Waals surface area contributed by atoms with E-state index in [1.165, 1.54) is 12.8 Å². The Labute approximate surface area is 96.8 Å². The van der Waals surface area contributed by atoms with Crippen LogP contribution in [0, 0.1) is 0 Å². The van der Waals surface area contributed by atoms with E-state index in [0.717, 1.165) is 24.6 Å². The van der Waals surface area contributed by atoms with Crippen molar-refractivity contribution < 1.29 is 0 Å². The first kappa shape index (κ1) is 11.3. The molecule has 0 aliphatic carbocycles. The van der Waals surface area contributed by atoms with Crippen LogP contribution in [0.25, 0.3) is 0 Å². The van der Waals surface area contributed by atoms with E-state index >= 15 is 0 Å². The van der Waals surface area contributed by atoms with Crippen molar-refractivity contribution in [1.82, 2.24) is 14.7 Å². The average molecular weight is 223 g/mol. The minimum atomic E-state index is 0.548.